The quantitative estimate of drug-likeness (QED) is 0.705. The van der Waals surface area contributed by atoms with Gasteiger partial charge in [-0.05, 0) is 18.4 Å². The molecule has 0 aromatic rings. The molecule has 96 valence electrons. The van der Waals surface area contributed by atoms with Gasteiger partial charge in [0.05, 0.1) is 5.92 Å². The Hall–Kier alpha value is -1.37. The molecule has 1 aliphatic rings. The summed E-state index contributed by atoms with van der Waals surface area (Å²) in [6.45, 7) is 4.79. The van der Waals surface area contributed by atoms with Gasteiger partial charge in [-0.15, -0.1) is 0 Å². The molecule has 1 rings (SSSR count). The van der Waals surface area contributed by atoms with Crippen LogP contribution in [-0.2, 0) is 19.4 Å². The molecule has 1 aliphatic carbocycles. The zero-order chi connectivity index (χ0) is 13.4. The summed E-state index contributed by atoms with van der Waals surface area (Å²) in [6.07, 6.45) is -0.548. The van der Waals surface area contributed by atoms with Crippen molar-refractivity contribution in [2.24, 2.45) is 5.92 Å². The van der Waals surface area contributed by atoms with Crippen LogP contribution in [0.4, 0.5) is 0 Å². The van der Waals surface area contributed by atoms with E-state index in [1.807, 2.05) is 0 Å². The summed E-state index contributed by atoms with van der Waals surface area (Å²) in [7, 11) is -3.94. The molecule has 17 heavy (non-hydrogen) atoms. The van der Waals surface area contributed by atoms with E-state index in [1.165, 1.54) is 6.92 Å². The van der Waals surface area contributed by atoms with Gasteiger partial charge in [-0.2, -0.15) is 0 Å². The van der Waals surface area contributed by atoms with Crippen LogP contribution < -0.4 is 0 Å². The third kappa shape index (κ3) is 1.84. The van der Waals surface area contributed by atoms with Crippen molar-refractivity contribution in [1.82, 2.24) is 0 Å². The molecule has 0 aromatic heterocycles. The first-order valence-electron chi connectivity index (χ1n) is 5.05. The molecule has 0 aliphatic heterocycles. The molecule has 7 heteroatoms. The highest BCUT2D eigenvalue weighted by Crippen LogP contribution is 2.44. The van der Waals surface area contributed by atoms with Crippen LogP contribution in [0, 0.1) is 5.92 Å². The van der Waals surface area contributed by atoms with E-state index < -0.39 is 38.9 Å². The lowest BCUT2D eigenvalue weighted by Crippen LogP contribution is -2.46. The van der Waals surface area contributed by atoms with Crippen LogP contribution in [0.1, 0.15) is 19.8 Å². The number of hydrogen-bond acceptors (Lipinski definition) is 4. The van der Waals surface area contributed by atoms with Gasteiger partial charge in [0.15, 0.2) is 14.6 Å². The smallest absolute Gasteiger partial charge is 0.329 e. The molecular formula is C10H14O6S. The maximum absolute atomic E-state index is 11.9. The normalized spacial score (nSPS) is 29.2. The van der Waals surface area contributed by atoms with Gasteiger partial charge < -0.3 is 10.2 Å². The highest BCUT2D eigenvalue weighted by Gasteiger charge is 2.58. The third-order valence-corrected chi connectivity index (χ3v) is 5.66. The number of hydrogen-bond donors (Lipinski definition) is 2. The van der Waals surface area contributed by atoms with Crippen molar-refractivity contribution in [3.63, 3.8) is 0 Å². The van der Waals surface area contributed by atoms with Gasteiger partial charge in [0.25, 0.3) is 0 Å². The molecule has 0 aromatic carbocycles. The Balaban J connectivity index is 3.35. The highest BCUT2D eigenvalue weighted by molar-refractivity contribution is 7.93. The molecule has 0 radical (unpaired) electrons. The number of carboxylic acids is 2. The van der Waals surface area contributed by atoms with Gasteiger partial charge in [0, 0.05) is 5.75 Å². The number of aliphatic carboxylic acids is 2. The Morgan fingerprint density at radius 3 is 2.29 bits per heavy atom. The zero-order valence-electron chi connectivity index (χ0n) is 9.34. The second-order valence-electron chi connectivity index (χ2n) is 4.08. The Bertz CT molecular complexity index is 477. The number of carboxylic acid groups (broad SMARTS) is 2. The molecule has 6 nitrogen and oxygen atoms in total. The van der Waals surface area contributed by atoms with Crippen molar-refractivity contribution in [2.75, 3.05) is 5.75 Å². The minimum atomic E-state index is -3.94. The molecule has 0 spiro atoms. The van der Waals surface area contributed by atoms with Crippen LogP contribution in [-0.4, -0.2) is 41.1 Å². The Morgan fingerprint density at radius 1 is 1.47 bits per heavy atom. The molecule has 0 heterocycles. The van der Waals surface area contributed by atoms with E-state index in [0.29, 0.717) is 0 Å². The molecule has 1 saturated carbocycles. The summed E-state index contributed by atoms with van der Waals surface area (Å²) in [5.74, 6) is -4.08. The molecule has 1 fully saturated rings. The minimum absolute atomic E-state index is 0.0424. The second kappa shape index (κ2) is 4.14. The Kier molecular flexibility index (Phi) is 3.33. The monoisotopic (exact) mass is 262 g/mol. The van der Waals surface area contributed by atoms with Crippen molar-refractivity contribution >= 4 is 21.8 Å². The largest absolute Gasteiger partial charge is 0.481 e. The zero-order valence-corrected chi connectivity index (χ0v) is 10.2. The maximum atomic E-state index is 11.9. The molecular weight excluding hydrogens is 248 g/mol. The molecule has 2 N–H and O–H groups in total. The van der Waals surface area contributed by atoms with E-state index in [-0.39, 0.29) is 17.7 Å². The predicted octanol–water partition coefficient (Wildman–Crippen LogP) is 0.295. The number of carbonyl (C=O) groups is 2. The van der Waals surface area contributed by atoms with Crippen molar-refractivity contribution in [2.45, 2.75) is 24.5 Å². The number of rotatable bonds is 4. The predicted molar refractivity (Wildman–Crippen MR) is 59.3 cm³/mol. The van der Waals surface area contributed by atoms with Crippen LogP contribution in [0.5, 0.6) is 0 Å². The van der Waals surface area contributed by atoms with Crippen molar-refractivity contribution in [3.8, 4) is 0 Å². The molecule has 0 bridgehead atoms. The first-order chi connectivity index (χ1) is 7.69. The van der Waals surface area contributed by atoms with Crippen molar-refractivity contribution in [3.05, 3.63) is 12.2 Å². The lowest BCUT2D eigenvalue weighted by atomic mass is 10.0. The summed E-state index contributed by atoms with van der Waals surface area (Å²) in [6, 6.07) is 0. The Morgan fingerprint density at radius 2 is 2.00 bits per heavy atom. The lowest BCUT2D eigenvalue weighted by Gasteiger charge is -2.24. The Labute approximate surface area is 98.9 Å². The summed E-state index contributed by atoms with van der Waals surface area (Å²) in [5.41, 5.74) is -0.0424. The van der Waals surface area contributed by atoms with E-state index in [0.717, 1.165) is 0 Å². The maximum Gasteiger partial charge on any atom is 0.329 e. The summed E-state index contributed by atoms with van der Waals surface area (Å²) in [5, 5.41) is 18.0. The summed E-state index contributed by atoms with van der Waals surface area (Å²) < 4.78 is 21.7. The van der Waals surface area contributed by atoms with E-state index in [9.17, 15) is 18.0 Å². The van der Waals surface area contributed by atoms with Gasteiger partial charge in [-0.1, -0.05) is 13.5 Å². The second-order valence-corrected chi connectivity index (χ2v) is 6.59. The summed E-state index contributed by atoms with van der Waals surface area (Å²) >= 11 is 0. The van der Waals surface area contributed by atoms with Crippen molar-refractivity contribution < 1.29 is 28.2 Å². The fourth-order valence-corrected chi connectivity index (χ4v) is 3.90. The highest BCUT2D eigenvalue weighted by atomic mass is 32.2. The molecule has 0 saturated heterocycles. The van der Waals surface area contributed by atoms with Crippen molar-refractivity contribution in [1.29, 1.82) is 0 Å². The van der Waals surface area contributed by atoms with Gasteiger partial charge in [0.2, 0.25) is 0 Å². The van der Waals surface area contributed by atoms with E-state index in [2.05, 4.69) is 6.58 Å². The van der Waals surface area contributed by atoms with Crippen LogP contribution in [0.2, 0.25) is 0 Å². The van der Waals surface area contributed by atoms with Crippen LogP contribution >= 0.6 is 0 Å². The SMILES string of the molecule is C=C1C[C@H](C(=O)O)C[C@@]1(C(=O)O)S(=O)(=O)CC. The minimum Gasteiger partial charge on any atom is -0.481 e. The fourth-order valence-electron chi connectivity index (χ4n) is 2.17. The molecule has 0 amide bonds. The van der Waals surface area contributed by atoms with Crippen LogP contribution in [0.25, 0.3) is 0 Å². The summed E-state index contributed by atoms with van der Waals surface area (Å²) in [4.78, 5) is 22.1. The van der Waals surface area contributed by atoms with Crippen LogP contribution in [0.3, 0.4) is 0 Å². The van der Waals surface area contributed by atoms with E-state index in [1.54, 1.807) is 0 Å². The van der Waals surface area contributed by atoms with Gasteiger partial charge >= 0.3 is 11.9 Å². The van der Waals surface area contributed by atoms with Crippen LogP contribution in [0.15, 0.2) is 12.2 Å². The average Bonchev–Trinajstić information content (AvgIpc) is 2.57. The lowest BCUT2D eigenvalue weighted by molar-refractivity contribution is -0.142. The topological polar surface area (TPSA) is 109 Å². The molecule has 2 atom stereocenters. The average molecular weight is 262 g/mol. The first kappa shape index (κ1) is 13.7. The van der Waals surface area contributed by atoms with Gasteiger partial charge in [-0.3, -0.25) is 9.59 Å². The van der Waals surface area contributed by atoms with Gasteiger partial charge in [0.1, 0.15) is 0 Å². The molecule has 0 unspecified atom stereocenters. The fraction of sp³-hybridized carbons (Fsp3) is 0.600. The standard InChI is InChI=1S/C10H14O6S/c1-3-17(15,16)10(9(13)14)5-7(8(11)12)4-6(10)2/h7H,2-5H2,1H3,(H,11,12)(H,13,14)/t7-,10+/m0/s1. The first-order valence-corrected chi connectivity index (χ1v) is 6.71. The number of sulfone groups is 1. The third-order valence-electron chi connectivity index (χ3n) is 3.20. The van der Waals surface area contributed by atoms with E-state index in [4.69, 9.17) is 10.2 Å². The van der Waals surface area contributed by atoms with E-state index >= 15 is 0 Å². The van der Waals surface area contributed by atoms with Gasteiger partial charge in [-0.25, -0.2) is 8.42 Å².